The molecule has 2 aromatic rings. The first-order valence-electron chi connectivity index (χ1n) is 10.7. The lowest BCUT2D eigenvalue weighted by Crippen LogP contribution is -2.52. The molecule has 7 nitrogen and oxygen atoms in total. The summed E-state index contributed by atoms with van der Waals surface area (Å²) < 4.78 is 31.6. The van der Waals surface area contributed by atoms with Crippen LogP contribution in [0.3, 0.4) is 0 Å². The number of amides is 2. The zero-order valence-corrected chi connectivity index (χ0v) is 18.1. The van der Waals surface area contributed by atoms with Crippen LogP contribution in [0.2, 0.25) is 0 Å². The van der Waals surface area contributed by atoms with Gasteiger partial charge in [-0.1, -0.05) is 61.9 Å². The molecule has 0 saturated heterocycles. The number of carboxylic acids is 1. The Hall–Kier alpha value is -3.49. The quantitative estimate of drug-likeness (QED) is 0.499. The largest absolute Gasteiger partial charge is 0.481 e. The Morgan fingerprint density at radius 1 is 1.00 bits per heavy atom. The van der Waals surface area contributed by atoms with E-state index in [9.17, 15) is 23.2 Å². The molecule has 9 heteroatoms. The van der Waals surface area contributed by atoms with Gasteiger partial charge in [0.2, 0.25) is 5.91 Å². The first kappa shape index (κ1) is 24.2. The van der Waals surface area contributed by atoms with Gasteiger partial charge in [0.25, 0.3) is 6.43 Å². The first-order chi connectivity index (χ1) is 15.8. The van der Waals surface area contributed by atoms with Crippen molar-refractivity contribution < 1.29 is 33.0 Å². The number of carbonyl (C=O) groups is 3. The normalized spacial score (nSPS) is 14.2. The number of carboxylic acid groups (broad SMARTS) is 1. The number of hydrogen-bond acceptors (Lipinski definition) is 4. The van der Waals surface area contributed by atoms with Gasteiger partial charge in [-0.15, -0.1) is 0 Å². The molecule has 0 aliphatic heterocycles. The fourth-order valence-electron chi connectivity index (χ4n) is 4.01. The van der Waals surface area contributed by atoms with Gasteiger partial charge in [0.1, 0.15) is 18.7 Å². The molecule has 0 bridgehead atoms. The molecule has 2 atom stereocenters. The van der Waals surface area contributed by atoms with Crippen LogP contribution in [0.15, 0.2) is 48.5 Å². The molecule has 1 unspecified atom stereocenters. The van der Waals surface area contributed by atoms with E-state index in [0.717, 1.165) is 22.3 Å². The average Bonchev–Trinajstić information content (AvgIpc) is 3.10. The summed E-state index contributed by atoms with van der Waals surface area (Å²) in [5.41, 5.74) is 4.20. The zero-order valence-electron chi connectivity index (χ0n) is 18.1. The van der Waals surface area contributed by atoms with Gasteiger partial charge < -0.3 is 20.5 Å². The third-order valence-electron chi connectivity index (χ3n) is 5.56. The van der Waals surface area contributed by atoms with E-state index < -0.39 is 42.9 Å². The highest BCUT2D eigenvalue weighted by molar-refractivity contribution is 5.86. The molecular formula is C24H26F2N2O5. The SMILES string of the molecule is CCC[C@H](NC(=O)OCC1c2ccccc2-c2ccccc21)C(=O)NC(CC(=O)O)C(F)F. The molecule has 3 N–H and O–H groups in total. The summed E-state index contributed by atoms with van der Waals surface area (Å²) >= 11 is 0. The second kappa shape index (κ2) is 10.9. The third-order valence-corrected chi connectivity index (χ3v) is 5.56. The van der Waals surface area contributed by atoms with E-state index >= 15 is 0 Å². The molecule has 0 spiro atoms. The van der Waals surface area contributed by atoms with E-state index in [-0.39, 0.29) is 18.9 Å². The number of aliphatic carboxylic acids is 1. The maximum absolute atomic E-state index is 13.1. The van der Waals surface area contributed by atoms with Crippen LogP contribution >= 0.6 is 0 Å². The van der Waals surface area contributed by atoms with Crippen molar-refractivity contribution in [2.45, 2.75) is 50.6 Å². The monoisotopic (exact) mass is 460 g/mol. The van der Waals surface area contributed by atoms with E-state index in [1.54, 1.807) is 6.92 Å². The van der Waals surface area contributed by atoms with Crippen LogP contribution in [0, 0.1) is 0 Å². The molecule has 2 amide bonds. The lowest BCUT2D eigenvalue weighted by molar-refractivity contribution is -0.139. The molecule has 1 aliphatic carbocycles. The number of alkyl carbamates (subject to hydrolysis) is 1. The van der Waals surface area contributed by atoms with Gasteiger partial charge in [-0.2, -0.15) is 0 Å². The van der Waals surface area contributed by atoms with Crippen molar-refractivity contribution >= 4 is 18.0 Å². The summed E-state index contributed by atoms with van der Waals surface area (Å²) in [5.74, 6) is -2.51. The predicted octanol–water partition coefficient (Wildman–Crippen LogP) is 3.92. The van der Waals surface area contributed by atoms with E-state index in [1.165, 1.54) is 0 Å². The molecule has 0 heterocycles. The summed E-state index contributed by atoms with van der Waals surface area (Å²) in [5, 5.41) is 13.2. The molecule has 176 valence electrons. The standard InChI is InChI=1S/C24H26F2N2O5/c1-2-7-19(23(31)27-20(22(25)26)12-21(29)30)28-24(32)33-13-18-16-10-5-3-8-14(16)15-9-4-6-11-17(15)18/h3-6,8-11,18-20,22H,2,7,12-13H2,1H3,(H,27,31)(H,28,32)(H,29,30)/t19-,20?/m0/s1. The minimum absolute atomic E-state index is 0.0407. The van der Waals surface area contributed by atoms with Crippen molar-refractivity contribution in [3.8, 4) is 11.1 Å². The van der Waals surface area contributed by atoms with Gasteiger partial charge >= 0.3 is 12.1 Å². The van der Waals surface area contributed by atoms with Crippen molar-refractivity contribution in [3.05, 3.63) is 59.7 Å². The maximum atomic E-state index is 13.1. The molecule has 0 fully saturated rings. The molecule has 2 aromatic carbocycles. The zero-order chi connectivity index (χ0) is 24.0. The highest BCUT2D eigenvalue weighted by Crippen LogP contribution is 2.44. The Kier molecular flexibility index (Phi) is 7.97. The number of ether oxygens (including phenoxy) is 1. The highest BCUT2D eigenvalue weighted by atomic mass is 19.3. The van der Waals surface area contributed by atoms with Crippen LogP contribution in [-0.4, -0.2) is 48.2 Å². The summed E-state index contributed by atoms with van der Waals surface area (Å²) in [6, 6.07) is 12.7. The number of benzene rings is 2. The molecule has 33 heavy (non-hydrogen) atoms. The second-order valence-corrected chi connectivity index (χ2v) is 7.86. The number of nitrogens with one attached hydrogen (secondary N) is 2. The molecular weight excluding hydrogens is 434 g/mol. The number of alkyl halides is 2. The average molecular weight is 460 g/mol. The Balaban J connectivity index is 1.64. The van der Waals surface area contributed by atoms with Crippen LogP contribution in [0.1, 0.15) is 43.2 Å². The Morgan fingerprint density at radius 3 is 2.09 bits per heavy atom. The van der Waals surface area contributed by atoms with Crippen molar-refractivity contribution in [1.82, 2.24) is 10.6 Å². The molecule has 1 aliphatic rings. The fraction of sp³-hybridized carbons (Fsp3) is 0.375. The van der Waals surface area contributed by atoms with Gasteiger partial charge in [-0.25, -0.2) is 13.6 Å². The number of halogens is 2. The number of fused-ring (bicyclic) bond motifs is 3. The summed E-state index contributed by atoms with van der Waals surface area (Å²) in [4.78, 5) is 35.7. The van der Waals surface area contributed by atoms with Crippen molar-refractivity contribution in [2.75, 3.05) is 6.61 Å². The van der Waals surface area contributed by atoms with Crippen LogP contribution < -0.4 is 10.6 Å². The number of hydrogen-bond donors (Lipinski definition) is 3. The van der Waals surface area contributed by atoms with Gasteiger partial charge in [-0.3, -0.25) is 9.59 Å². The fourth-order valence-corrected chi connectivity index (χ4v) is 4.01. The maximum Gasteiger partial charge on any atom is 0.407 e. The summed E-state index contributed by atoms with van der Waals surface area (Å²) in [6.07, 6.45) is -4.16. The third kappa shape index (κ3) is 5.85. The van der Waals surface area contributed by atoms with E-state index in [4.69, 9.17) is 9.84 Å². The Morgan fingerprint density at radius 2 is 1.58 bits per heavy atom. The summed E-state index contributed by atoms with van der Waals surface area (Å²) in [7, 11) is 0. The second-order valence-electron chi connectivity index (χ2n) is 7.86. The molecule has 0 saturated carbocycles. The minimum atomic E-state index is -3.05. The molecule has 3 rings (SSSR count). The predicted molar refractivity (Wildman–Crippen MR) is 117 cm³/mol. The van der Waals surface area contributed by atoms with Gasteiger partial charge in [0.05, 0.1) is 6.42 Å². The van der Waals surface area contributed by atoms with Crippen LogP contribution in [0.4, 0.5) is 13.6 Å². The topological polar surface area (TPSA) is 105 Å². The minimum Gasteiger partial charge on any atom is -0.481 e. The molecule has 0 aromatic heterocycles. The Labute approximate surface area is 190 Å². The van der Waals surface area contributed by atoms with Gasteiger partial charge in [0.15, 0.2) is 0 Å². The highest BCUT2D eigenvalue weighted by Gasteiger charge is 2.31. The first-order valence-corrected chi connectivity index (χ1v) is 10.7. The number of carbonyl (C=O) groups excluding carboxylic acids is 2. The van der Waals surface area contributed by atoms with Crippen LogP contribution in [0.5, 0.6) is 0 Å². The van der Waals surface area contributed by atoms with E-state index in [0.29, 0.717) is 6.42 Å². The van der Waals surface area contributed by atoms with E-state index in [2.05, 4.69) is 5.32 Å². The van der Waals surface area contributed by atoms with Crippen LogP contribution in [0.25, 0.3) is 11.1 Å². The summed E-state index contributed by atoms with van der Waals surface area (Å²) in [6.45, 7) is 1.81. The lowest BCUT2D eigenvalue weighted by Gasteiger charge is -2.22. The molecule has 0 radical (unpaired) electrons. The number of rotatable bonds is 10. The smallest absolute Gasteiger partial charge is 0.407 e. The van der Waals surface area contributed by atoms with Crippen LogP contribution in [-0.2, 0) is 14.3 Å². The lowest BCUT2D eigenvalue weighted by atomic mass is 9.98. The Bertz CT molecular complexity index is 968. The van der Waals surface area contributed by atoms with E-state index in [1.807, 2.05) is 53.8 Å². The van der Waals surface area contributed by atoms with Gasteiger partial charge in [-0.05, 0) is 28.7 Å². The van der Waals surface area contributed by atoms with Crippen molar-refractivity contribution in [1.29, 1.82) is 0 Å². The van der Waals surface area contributed by atoms with Gasteiger partial charge in [0, 0.05) is 5.92 Å². The van der Waals surface area contributed by atoms with Crippen molar-refractivity contribution in [2.24, 2.45) is 0 Å². The van der Waals surface area contributed by atoms with Crippen molar-refractivity contribution in [3.63, 3.8) is 0 Å².